The summed E-state index contributed by atoms with van der Waals surface area (Å²) in [6.07, 6.45) is -4.84. The number of carbonyl (C=O) groups excluding carboxylic acids is 1. The molecule has 3 saturated carbocycles. The predicted molar refractivity (Wildman–Crippen MR) is 226 cm³/mol. The number of rotatable bonds is 13. The molecule has 0 aromatic rings. The summed E-state index contributed by atoms with van der Waals surface area (Å²) in [4.78, 5) is 12.7. The Kier molecular flexibility index (Phi) is 15.2. The maximum atomic E-state index is 12.7. The predicted octanol–water partition coefficient (Wildman–Crippen LogP) is 3.54. The van der Waals surface area contributed by atoms with E-state index < -0.39 is 109 Å². The molecule has 16 nitrogen and oxygen atoms in total. The van der Waals surface area contributed by atoms with E-state index in [0.29, 0.717) is 57.8 Å². The molecule has 0 amide bonds. The lowest BCUT2D eigenvalue weighted by Crippen LogP contribution is -2.71. The van der Waals surface area contributed by atoms with Crippen molar-refractivity contribution in [1.29, 1.82) is 0 Å². The Bertz CT molecular complexity index is 1600. The van der Waals surface area contributed by atoms with Gasteiger partial charge in [-0.3, -0.25) is 4.79 Å². The number of aliphatic hydroxyl groups is 5. The fourth-order valence-corrected chi connectivity index (χ4v) is 13.2. The third-order valence-electron chi connectivity index (χ3n) is 16.7. The highest BCUT2D eigenvalue weighted by molar-refractivity contribution is 5.69. The van der Waals surface area contributed by atoms with Gasteiger partial charge in [0.25, 0.3) is 0 Å². The summed E-state index contributed by atoms with van der Waals surface area (Å²) in [6, 6.07) is 0. The first-order valence-electron chi connectivity index (χ1n) is 23.6. The molecule has 0 radical (unpaired) electrons. The molecular weight excluding hydrogens is 821 g/mol. The normalized spacial score (nSPS) is 50.6. The highest BCUT2D eigenvalue weighted by atomic mass is 16.8. The van der Waals surface area contributed by atoms with E-state index in [1.165, 1.54) is 12.7 Å². The van der Waals surface area contributed by atoms with Gasteiger partial charge in [0, 0.05) is 57.8 Å². The van der Waals surface area contributed by atoms with Crippen LogP contribution < -0.4 is 0 Å². The number of hydrogen-bond donors (Lipinski definition) is 5. The molecule has 0 aromatic carbocycles. The largest absolute Gasteiger partial charge is 0.462 e. The Morgan fingerprint density at radius 3 is 2.00 bits per heavy atom. The molecule has 6 fully saturated rings. The van der Waals surface area contributed by atoms with Crippen LogP contribution in [0.4, 0.5) is 0 Å². The van der Waals surface area contributed by atoms with Crippen LogP contribution in [-0.4, -0.2) is 163 Å². The maximum Gasteiger partial charge on any atom is 0.306 e. The zero-order chi connectivity index (χ0) is 45.9. The summed E-state index contributed by atoms with van der Waals surface area (Å²) in [5.74, 6) is -1.06. The minimum absolute atomic E-state index is 0.150. The molecule has 0 unspecified atom stereocenters. The van der Waals surface area contributed by atoms with Crippen molar-refractivity contribution in [1.82, 2.24) is 0 Å². The Labute approximate surface area is 373 Å². The molecule has 0 aromatic heterocycles. The maximum absolute atomic E-state index is 12.7. The van der Waals surface area contributed by atoms with Gasteiger partial charge < -0.3 is 72.9 Å². The van der Waals surface area contributed by atoms with Crippen LogP contribution in [0.15, 0.2) is 11.6 Å². The van der Waals surface area contributed by atoms with Gasteiger partial charge in [-0.25, -0.2) is 0 Å². The highest BCUT2D eigenvalue weighted by Crippen LogP contribution is 2.68. The number of hydrogen-bond acceptors (Lipinski definition) is 16. The Hall–Kier alpha value is -1.35. The third-order valence-corrected chi connectivity index (χ3v) is 16.7. The van der Waals surface area contributed by atoms with Crippen molar-refractivity contribution in [2.75, 3.05) is 21.3 Å². The number of aliphatic hydroxyl groups excluding tert-OH is 4. The van der Waals surface area contributed by atoms with E-state index in [1.807, 2.05) is 41.5 Å². The minimum atomic E-state index is -1.25. The molecule has 3 aliphatic heterocycles. The zero-order valence-corrected chi connectivity index (χ0v) is 39.3. The van der Waals surface area contributed by atoms with Crippen molar-refractivity contribution < 1.29 is 77.7 Å². The molecule has 3 saturated heterocycles. The van der Waals surface area contributed by atoms with Gasteiger partial charge >= 0.3 is 5.97 Å². The number of esters is 1. The van der Waals surface area contributed by atoms with Crippen LogP contribution in [0, 0.1) is 34.5 Å². The Morgan fingerprint density at radius 1 is 0.778 bits per heavy atom. The topological polar surface area (TPSA) is 211 Å². The van der Waals surface area contributed by atoms with Gasteiger partial charge in [0.1, 0.15) is 36.6 Å². The van der Waals surface area contributed by atoms with Crippen molar-refractivity contribution in [3.05, 3.63) is 11.6 Å². The minimum Gasteiger partial charge on any atom is -0.462 e. The summed E-state index contributed by atoms with van der Waals surface area (Å²) < 4.78 is 61.2. The summed E-state index contributed by atoms with van der Waals surface area (Å²) >= 11 is 0. The second kappa shape index (κ2) is 19.3. The Balaban J connectivity index is 0.960. The van der Waals surface area contributed by atoms with Crippen LogP contribution in [0.1, 0.15) is 113 Å². The molecule has 63 heavy (non-hydrogen) atoms. The quantitative estimate of drug-likeness (QED) is 0.132. The second-order valence-corrected chi connectivity index (χ2v) is 20.7. The average molecular weight is 899 g/mol. The van der Waals surface area contributed by atoms with Crippen molar-refractivity contribution in [3.8, 4) is 0 Å². The van der Waals surface area contributed by atoms with Crippen LogP contribution in [-0.2, 0) is 52.2 Å². The van der Waals surface area contributed by atoms with Gasteiger partial charge in [-0.05, 0) is 83.5 Å². The number of methoxy groups -OCH3 is 3. The van der Waals surface area contributed by atoms with E-state index in [1.54, 1.807) is 21.1 Å². The molecule has 16 heteroatoms. The van der Waals surface area contributed by atoms with E-state index in [-0.39, 0.29) is 41.8 Å². The Morgan fingerprint density at radius 2 is 1.40 bits per heavy atom. The number of fused-ring (bicyclic) bond motifs is 5. The summed E-state index contributed by atoms with van der Waals surface area (Å²) in [5, 5.41) is 58.2. The van der Waals surface area contributed by atoms with Crippen molar-refractivity contribution in [2.45, 2.75) is 223 Å². The lowest BCUT2D eigenvalue weighted by molar-refractivity contribution is -0.352. The van der Waals surface area contributed by atoms with Gasteiger partial charge in [0.15, 0.2) is 18.9 Å². The van der Waals surface area contributed by atoms with E-state index in [0.717, 1.165) is 0 Å². The van der Waals surface area contributed by atoms with Crippen molar-refractivity contribution in [3.63, 3.8) is 0 Å². The fraction of sp³-hybridized carbons (Fsp3) is 0.936. The SMILES string of the molecule is CO[C@H]1[C@H](O)[C@@H](O[C@@H]2[C@@H](C)O[C@@H](O[C@@H]3[C@@H](C)O[C@@H](O[C@@H]4CC[C@@]5(C)C(=CC[C@H]6[C@H]5[C@@H](O)[C@H](O)[C@@]5(C)[C@@H]([C@H](C)OC(=O)CC(C)C)CC[C@@]65O)C4)C[C@H]3OC)C[C@H]2OC)O[C@@H](C)[C@@H]1O. The number of allylic oxidation sites excluding steroid dienone is 1. The van der Waals surface area contributed by atoms with Gasteiger partial charge in [0.05, 0.1) is 54.4 Å². The van der Waals surface area contributed by atoms with Gasteiger partial charge in [-0.15, -0.1) is 0 Å². The van der Waals surface area contributed by atoms with Crippen LogP contribution in [0.3, 0.4) is 0 Å². The summed E-state index contributed by atoms with van der Waals surface area (Å²) in [7, 11) is 4.65. The molecule has 23 atom stereocenters. The number of carbonyl (C=O) groups is 1. The van der Waals surface area contributed by atoms with Crippen molar-refractivity contribution >= 4 is 5.97 Å². The first-order chi connectivity index (χ1) is 29.7. The molecule has 3 heterocycles. The molecule has 0 spiro atoms. The molecular formula is C47H78O16. The molecule has 0 bridgehead atoms. The van der Waals surface area contributed by atoms with E-state index in [4.69, 9.17) is 47.4 Å². The summed E-state index contributed by atoms with van der Waals surface area (Å²) in [6.45, 7) is 15.3. The second-order valence-electron chi connectivity index (χ2n) is 20.7. The molecule has 362 valence electrons. The fourth-order valence-electron chi connectivity index (χ4n) is 13.2. The standard InChI is InChI=1S/C47H78O16/c1-22(2)18-33(48)57-23(3)29-15-17-47(53)30-13-12-27-19-28(14-16-45(27,7)36(30)38(50)43(52)46(29,47)8)61-34-20-31(54-9)40(25(5)58-34)62-35-21-32(55-10)41(26(6)59-35)63-44-39(51)42(56-11)37(49)24(4)60-44/h12,22-26,28-32,34-44,49-53H,13-21H2,1-11H3/t23-,24-,25+,26+,28+,29+,30-,31+,32+,34-,35-,36-,37-,38+,39-,40+,41+,42+,43-,44+,45-,46+,47+/m0/s1. The van der Waals surface area contributed by atoms with Crippen molar-refractivity contribution in [2.24, 2.45) is 34.5 Å². The molecule has 5 N–H and O–H groups in total. The first-order valence-corrected chi connectivity index (χ1v) is 23.6. The molecule has 7 aliphatic rings. The molecule has 4 aliphatic carbocycles. The van der Waals surface area contributed by atoms with Gasteiger partial charge in [0.2, 0.25) is 0 Å². The smallest absolute Gasteiger partial charge is 0.306 e. The van der Waals surface area contributed by atoms with E-state index in [9.17, 15) is 30.3 Å². The van der Waals surface area contributed by atoms with Crippen LogP contribution in [0.5, 0.6) is 0 Å². The van der Waals surface area contributed by atoms with Gasteiger partial charge in [-0.1, -0.05) is 39.3 Å². The molecule has 7 rings (SSSR count). The van der Waals surface area contributed by atoms with E-state index >= 15 is 0 Å². The third kappa shape index (κ3) is 8.95. The van der Waals surface area contributed by atoms with Crippen LogP contribution in [0.25, 0.3) is 0 Å². The van der Waals surface area contributed by atoms with Gasteiger partial charge in [-0.2, -0.15) is 0 Å². The first kappa shape index (κ1) is 49.6. The lowest BCUT2D eigenvalue weighted by atomic mass is 9.44. The average Bonchev–Trinajstić information content (AvgIpc) is 3.51. The summed E-state index contributed by atoms with van der Waals surface area (Å²) in [5.41, 5.74) is -1.59. The monoisotopic (exact) mass is 899 g/mol. The zero-order valence-electron chi connectivity index (χ0n) is 39.3. The van der Waals surface area contributed by atoms with E-state index in [2.05, 4.69) is 13.0 Å². The lowest BCUT2D eigenvalue weighted by Gasteiger charge is -2.64. The highest BCUT2D eigenvalue weighted by Gasteiger charge is 2.73. The van der Waals surface area contributed by atoms with Crippen LogP contribution in [0.2, 0.25) is 0 Å². The number of ether oxygens (including phenoxy) is 10. The van der Waals surface area contributed by atoms with Crippen LogP contribution >= 0.6 is 0 Å².